The van der Waals surface area contributed by atoms with Gasteiger partial charge < -0.3 is 15.4 Å². The molecule has 0 aliphatic carbocycles. The Hall–Kier alpha value is -1.30. The minimum absolute atomic E-state index is 0. The first kappa shape index (κ1) is 25.7. The molecule has 2 unspecified atom stereocenters. The first-order valence-electron chi connectivity index (χ1n) is 9.49. The number of guanidine groups is 1. The van der Waals surface area contributed by atoms with Gasteiger partial charge in [-0.3, -0.25) is 4.90 Å². The highest BCUT2D eigenvalue weighted by molar-refractivity contribution is 14.0. The van der Waals surface area contributed by atoms with Gasteiger partial charge in [-0.15, -0.1) is 24.0 Å². The number of benzene rings is 1. The van der Waals surface area contributed by atoms with Crippen LogP contribution in [-0.2, 0) is 0 Å². The average molecular weight is 532 g/mol. The van der Waals surface area contributed by atoms with E-state index in [0.29, 0.717) is 38.7 Å². The number of ether oxygens (including phenoxy) is 1. The van der Waals surface area contributed by atoms with Gasteiger partial charge in [-0.1, -0.05) is 12.1 Å². The molecule has 2 atom stereocenters. The molecule has 1 aliphatic rings. The van der Waals surface area contributed by atoms with Gasteiger partial charge in [0.05, 0.1) is 13.1 Å². The van der Waals surface area contributed by atoms with Crippen molar-refractivity contribution in [3.63, 3.8) is 0 Å². The third-order valence-corrected chi connectivity index (χ3v) is 4.35. The lowest BCUT2D eigenvalue weighted by Gasteiger charge is -2.19. The van der Waals surface area contributed by atoms with E-state index in [-0.39, 0.29) is 41.7 Å². The summed E-state index contributed by atoms with van der Waals surface area (Å²) in [5.74, 6) is 0.464. The molecule has 0 saturated carbocycles. The second-order valence-electron chi connectivity index (χ2n) is 6.96. The molecule has 1 aromatic rings. The van der Waals surface area contributed by atoms with Gasteiger partial charge in [0.2, 0.25) is 0 Å². The van der Waals surface area contributed by atoms with Crippen molar-refractivity contribution in [3.05, 3.63) is 30.1 Å². The molecule has 29 heavy (non-hydrogen) atoms. The highest BCUT2D eigenvalue weighted by Gasteiger charge is 2.34. The van der Waals surface area contributed by atoms with Gasteiger partial charge in [-0.25, -0.2) is 9.38 Å². The highest BCUT2D eigenvalue weighted by atomic mass is 127. The Morgan fingerprint density at radius 3 is 2.69 bits per heavy atom. The minimum Gasteiger partial charge on any atom is -0.486 e. The third kappa shape index (κ3) is 9.83. The van der Waals surface area contributed by atoms with Crippen LogP contribution in [0.25, 0.3) is 0 Å². The van der Waals surface area contributed by atoms with Gasteiger partial charge in [0, 0.05) is 19.6 Å². The Labute approximate surface area is 186 Å². The van der Waals surface area contributed by atoms with Crippen LogP contribution < -0.4 is 15.4 Å². The highest BCUT2D eigenvalue weighted by Crippen LogP contribution is 2.22. The van der Waals surface area contributed by atoms with Crippen molar-refractivity contribution in [2.75, 3.05) is 39.3 Å². The van der Waals surface area contributed by atoms with Gasteiger partial charge in [0.1, 0.15) is 6.10 Å². The van der Waals surface area contributed by atoms with Crippen molar-refractivity contribution in [2.24, 2.45) is 10.9 Å². The number of para-hydroxylation sites is 1. The minimum atomic E-state index is -4.16. The monoisotopic (exact) mass is 532 g/mol. The maximum atomic E-state index is 13.6. The molecule has 1 heterocycles. The largest absolute Gasteiger partial charge is 0.486 e. The fourth-order valence-electron chi connectivity index (χ4n) is 3.07. The molecule has 0 aromatic heterocycles. The van der Waals surface area contributed by atoms with Gasteiger partial charge in [0.15, 0.2) is 17.5 Å². The van der Waals surface area contributed by atoms with E-state index in [4.69, 9.17) is 4.74 Å². The fourth-order valence-corrected chi connectivity index (χ4v) is 3.07. The summed E-state index contributed by atoms with van der Waals surface area (Å²) in [5, 5.41) is 6.28. The third-order valence-electron chi connectivity index (χ3n) is 4.35. The summed E-state index contributed by atoms with van der Waals surface area (Å²) in [6.45, 7) is 5.24. The summed E-state index contributed by atoms with van der Waals surface area (Å²) in [4.78, 5) is 5.86. The molecule has 0 amide bonds. The molecule has 0 bridgehead atoms. The Balaban J connectivity index is 0.00000420. The second kappa shape index (κ2) is 12.4. The lowest BCUT2D eigenvalue weighted by atomic mass is 10.1. The summed E-state index contributed by atoms with van der Waals surface area (Å²) in [6, 6.07) is 6.19. The Kier molecular flexibility index (Phi) is 11.0. The maximum absolute atomic E-state index is 13.6. The predicted octanol–water partition coefficient (Wildman–Crippen LogP) is 3.65. The van der Waals surface area contributed by atoms with Crippen molar-refractivity contribution in [3.8, 4) is 5.75 Å². The number of rotatable bonds is 8. The first-order valence-corrected chi connectivity index (χ1v) is 9.49. The van der Waals surface area contributed by atoms with Gasteiger partial charge in [-0.2, -0.15) is 13.2 Å². The molecule has 1 aliphatic heterocycles. The zero-order valence-corrected chi connectivity index (χ0v) is 19.0. The second-order valence-corrected chi connectivity index (χ2v) is 6.96. The van der Waals surface area contributed by atoms with E-state index in [0.717, 1.165) is 6.42 Å². The number of nitrogens with one attached hydrogen (secondary N) is 2. The van der Waals surface area contributed by atoms with Crippen LogP contribution in [0.3, 0.4) is 0 Å². The number of halogens is 5. The standard InChI is InChI=1S/C19H28F4N4O.HI/c1-3-24-18(25-10-14(2)28-17-7-5-4-6-16(17)20)26-11-15-8-9-27(12-15)13-19(21,22)23;/h4-7,14-15H,3,8-13H2,1-2H3,(H2,24,25,26);1H. The SMILES string of the molecule is CCNC(=NCC(C)Oc1ccccc1F)NCC1CCN(CC(F)(F)F)C1.I. The lowest BCUT2D eigenvalue weighted by Crippen LogP contribution is -2.41. The number of hydrogen-bond donors (Lipinski definition) is 2. The summed E-state index contributed by atoms with van der Waals surface area (Å²) < 4.78 is 56.7. The number of alkyl halides is 3. The molecule has 5 nitrogen and oxygen atoms in total. The number of likely N-dealkylation sites (tertiary alicyclic amines) is 1. The Bertz CT molecular complexity index is 645. The van der Waals surface area contributed by atoms with E-state index in [1.807, 2.05) is 6.92 Å². The zero-order valence-electron chi connectivity index (χ0n) is 16.6. The van der Waals surface area contributed by atoms with E-state index in [1.165, 1.54) is 11.0 Å². The zero-order chi connectivity index (χ0) is 20.6. The summed E-state index contributed by atoms with van der Waals surface area (Å²) in [5.41, 5.74) is 0. The van der Waals surface area contributed by atoms with Crippen molar-refractivity contribution in [2.45, 2.75) is 32.5 Å². The molecule has 2 rings (SSSR count). The van der Waals surface area contributed by atoms with Gasteiger partial charge in [0.25, 0.3) is 0 Å². The van der Waals surface area contributed by atoms with Crippen LogP contribution >= 0.6 is 24.0 Å². The first-order chi connectivity index (χ1) is 13.3. The molecule has 166 valence electrons. The van der Waals surface area contributed by atoms with Gasteiger partial charge >= 0.3 is 6.18 Å². The Morgan fingerprint density at radius 2 is 2.03 bits per heavy atom. The van der Waals surface area contributed by atoms with Gasteiger partial charge in [-0.05, 0) is 44.9 Å². The van der Waals surface area contributed by atoms with Crippen molar-refractivity contribution < 1.29 is 22.3 Å². The van der Waals surface area contributed by atoms with Crippen molar-refractivity contribution in [1.29, 1.82) is 0 Å². The molecule has 2 N–H and O–H groups in total. The smallest absolute Gasteiger partial charge is 0.401 e. The van der Waals surface area contributed by atoms with E-state index in [2.05, 4.69) is 15.6 Å². The van der Waals surface area contributed by atoms with Crippen LogP contribution in [0.2, 0.25) is 0 Å². The van der Waals surface area contributed by atoms with Crippen LogP contribution in [0, 0.1) is 11.7 Å². The maximum Gasteiger partial charge on any atom is 0.401 e. The lowest BCUT2D eigenvalue weighted by molar-refractivity contribution is -0.143. The van der Waals surface area contributed by atoms with E-state index < -0.39 is 18.5 Å². The number of nitrogens with zero attached hydrogens (tertiary/aromatic N) is 2. The molecular weight excluding hydrogens is 503 g/mol. The normalized spacial score (nSPS) is 18.8. The molecule has 0 radical (unpaired) electrons. The number of aliphatic imine (C=N–C) groups is 1. The fraction of sp³-hybridized carbons (Fsp3) is 0.632. The van der Waals surface area contributed by atoms with Crippen molar-refractivity contribution >= 4 is 29.9 Å². The molecule has 1 fully saturated rings. The Morgan fingerprint density at radius 1 is 1.31 bits per heavy atom. The van der Waals surface area contributed by atoms with Crippen LogP contribution in [0.4, 0.5) is 17.6 Å². The number of hydrogen-bond acceptors (Lipinski definition) is 3. The quantitative estimate of drug-likeness (QED) is 0.233. The predicted molar refractivity (Wildman–Crippen MR) is 116 cm³/mol. The van der Waals surface area contributed by atoms with Crippen LogP contribution in [0.15, 0.2) is 29.3 Å². The van der Waals surface area contributed by atoms with Crippen LogP contribution in [-0.4, -0.2) is 62.4 Å². The van der Waals surface area contributed by atoms with Crippen LogP contribution in [0.5, 0.6) is 5.75 Å². The molecular formula is C19H29F4IN4O. The summed E-state index contributed by atoms with van der Waals surface area (Å²) in [7, 11) is 0. The average Bonchev–Trinajstić information content (AvgIpc) is 3.05. The molecule has 1 aromatic carbocycles. The van der Waals surface area contributed by atoms with Crippen molar-refractivity contribution in [1.82, 2.24) is 15.5 Å². The molecule has 10 heteroatoms. The molecule has 1 saturated heterocycles. The summed E-state index contributed by atoms with van der Waals surface area (Å²) >= 11 is 0. The topological polar surface area (TPSA) is 48.9 Å². The summed E-state index contributed by atoms with van der Waals surface area (Å²) in [6.07, 6.45) is -3.77. The van der Waals surface area contributed by atoms with Crippen LogP contribution in [0.1, 0.15) is 20.3 Å². The van der Waals surface area contributed by atoms with E-state index >= 15 is 0 Å². The van der Waals surface area contributed by atoms with E-state index in [1.54, 1.807) is 25.1 Å². The molecule has 0 spiro atoms. The van der Waals surface area contributed by atoms with E-state index in [9.17, 15) is 17.6 Å².